The molecular formula is C12H11NO4. The number of fused-ring (bicyclic) bond motifs is 1. The summed E-state index contributed by atoms with van der Waals surface area (Å²) in [6, 6.07) is 6.74. The number of aromatic amines is 1. The monoisotopic (exact) mass is 233 g/mol. The van der Waals surface area contributed by atoms with Gasteiger partial charge in [-0.2, -0.15) is 0 Å². The summed E-state index contributed by atoms with van der Waals surface area (Å²) in [7, 11) is 1.52. The normalized spacial score (nSPS) is 10.4. The summed E-state index contributed by atoms with van der Waals surface area (Å²) in [6.45, 7) is 0. The molecule has 17 heavy (non-hydrogen) atoms. The molecule has 1 heterocycles. The van der Waals surface area contributed by atoms with Gasteiger partial charge in [-0.15, -0.1) is 0 Å². The number of H-pyrrole nitrogens is 1. The Morgan fingerprint density at radius 2 is 2.18 bits per heavy atom. The fourth-order valence-electron chi connectivity index (χ4n) is 1.68. The zero-order chi connectivity index (χ0) is 12.4. The van der Waals surface area contributed by atoms with Crippen LogP contribution < -0.4 is 10.3 Å². The second-order valence-corrected chi connectivity index (χ2v) is 3.65. The van der Waals surface area contributed by atoms with E-state index in [-0.39, 0.29) is 12.0 Å². The van der Waals surface area contributed by atoms with Gasteiger partial charge in [-0.3, -0.25) is 9.59 Å². The maximum absolute atomic E-state index is 11.7. The van der Waals surface area contributed by atoms with E-state index in [4.69, 9.17) is 9.84 Å². The molecule has 0 atom stereocenters. The molecule has 88 valence electrons. The van der Waals surface area contributed by atoms with Crippen LogP contribution in [0.4, 0.5) is 0 Å². The quantitative estimate of drug-likeness (QED) is 0.833. The molecule has 0 amide bonds. The van der Waals surface area contributed by atoms with E-state index in [2.05, 4.69) is 4.98 Å². The molecular weight excluding hydrogens is 222 g/mol. The number of carboxylic acid groups (broad SMARTS) is 1. The number of rotatable bonds is 3. The van der Waals surface area contributed by atoms with E-state index < -0.39 is 5.97 Å². The van der Waals surface area contributed by atoms with Gasteiger partial charge in [0.2, 0.25) is 0 Å². The van der Waals surface area contributed by atoms with Crippen LogP contribution in [0, 0.1) is 0 Å². The molecule has 5 nitrogen and oxygen atoms in total. The molecule has 0 unspecified atom stereocenters. The Kier molecular flexibility index (Phi) is 2.82. The van der Waals surface area contributed by atoms with Crippen molar-refractivity contribution in [2.45, 2.75) is 6.42 Å². The maximum Gasteiger partial charge on any atom is 0.309 e. The van der Waals surface area contributed by atoms with Crippen LogP contribution in [0.2, 0.25) is 0 Å². The SMILES string of the molecule is COc1ccc2cc(CC(=O)O)[nH]c(=O)c2c1. The average Bonchev–Trinajstić information content (AvgIpc) is 2.28. The summed E-state index contributed by atoms with van der Waals surface area (Å²) in [5.41, 5.74) is 0.0813. The lowest BCUT2D eigenvalue weighted by molar-refractivity contribution is -0.136. The lowest BCUT2D eigenvalue weighted by Crippen LogP contribution is -2.12. The van der Waals surface area contributed by atoms with Crippen LogP contribution in [0.15, 0.2) is 29.1 Å². The second-order valence-electron chi connectivity index (χ2n) is 3.65. The third kappa shape index (κ3) is 2.28. The summed E-state index contributed by atoms with van der Waals surface area (Å²) >= 11 is 0. The van der Waals surface area contributed by atoms with Crippen LogP contribution in [0.5, 0.6) is 5.75 Å². The Balaban J connectivity index is 2.59. The number of pyridine rings is 1. The van der Waals surface area contributed by atoms with Crippen LogP contribution >= 0.6 is 0 Å². The molecule has 2 aromatic rings. The van der Waals surface area contributed by atoms with Crippen molar-refractivity contribution in [2.75, 3.05) is 7.11 Å². The van der Waals surface area contributed by atoms with Gasteiger partial charge in [0.25, 0.3) is 5.56 Å². The standard InChI is InChI=1S/C12H11NO4/c1-17-9-3-2-7-4-8(5-11(14)15)13-12(16)10(7)6-9/h2-4,6H,5H2,1H3,(H,13,16)(H,14,15). The van der Waals surface area contributed by atoms with Gasteiger partial charge in [-0.25, -0.2) is 0 Å². The first-order valence-electron chi connectivity index (χ1n) is 5.02. The molecule has 0 aliphatic carbocycles. The molecule has 1 aromatic heterocycles. The first kappa shape index (κ1) is 11.2. The molecule has 2 N–H and O–H groups in total. The summed E-state index contributed by atoms with van der Waals surface area (Å²) in [4.78, 5) is 24.9. The molecule has 0 saturated carbocycles. The molecule has 0 radical (unpaired) electrons. The van der Waals surface area contributed by atoms with E-state index in [0.717, 1.165) is 0 Å². The van der Waals surface area contributed by atoms with Gasteiger partial charge in [-0.05, 0) is 23.6 Å². The van der Waals surface area contributed by atoms with Gasteiger partial charge >= 0.3 is 5.97 Å². The van der Waals surface area contributed by atoms with Gasteiger partial charge in [-0.1, -0.05) is 6.07 Å². The highest BCUT2D eigenvalue weighted by molar-refractivity contribution is 5.84. The van der Waals surface area contributed by atoms with E-state index in [0.29, 0.717) is 22.2 Å². The molecule has 1 aromatic carbocycles. The van der Waals surface area contributed by atoms with Crippen LogP contribution in [0.3, 0.4) is 0 Å². The minimum Gasteiger partial charge on any atom is -0.497 e. The molecule has 2 rings (SSSR count). The average molecular weight is 233 g/mol. The van der Waals surface area contributed by atoms with Crippen molar-refractivity contribution in [1.82, 2.24) is 4.98 Å². The van der Waals surface area contributed by atoms with Gasteiger partial charge in [0.15, 0.2) is 0 Å². The van der Waals surface area contributed by atoms with Gasteiger partial charge < -0.3 is 14.8 Å². The Morgan fingerprint density at radius 1 is 1.41 bits per heavy atom. The van der Waals surface area contributed by atoms with Gasteiger partial charge in [0, 0.05) is 5.69 Å². The first-order valence-corrected chi connectivity index (χ1v) is 5.02. The fourth-order valence-corrected chi connectivity index (χ4v) is 1.68. The first-order chi connectivity index (χ1) is 8.10. The third-order valence-electron chi connectivity index (χ3n) is 2.45. The van der Waals surface area contributed by atoms with E-state index in [9.17, 15) is 9.59 Å². The molecule has 0 aliphatic heterocycles. The summed E-state index contributed by atoms with van der Waals surface area (Å²) in [6.07, 6.45) is -0.197. The van der Waals surface area contributed by atoms with Crippen molar-refractivity contribution >= 4 is 16.7 Å². The van der Waals surface area contributed by atoms with Crippen molar-refractivity contribution < 1.29 is 14.6 Å². The van der Waals surface area contributed by atoms with Crippen LogP contribution in [-0.2, 0) is 11.2 Å². The highest BCUT2D eigenvalue weighted by atomic mass is 16.5. The van der Waals surface area contributed by atoms with E-state index in [1.54, 1.807) is 24.3 Å². The molecule has 0 fully saturated rings. The molecule has 5 heteroatoms. The van der Waals surface area contributed by atoms with E-state index >= 15 is 0 Å². The van der Waals surface area contributed by atoms with Crippen LogP contribution in [0.1, 0.15) is 5.69 Å². The number of benzene rings is 1. The van der Waals surface area contributed by atoms with Crippen molar-refractivity contribution in [1.29, 1.82) is 0 Å². The minimum atomic E-state index is -0.978. The Bertz CT molecular complexity index is 630. The number of methoxy groups -OCH3 is 1. The molecule has 0 spiro atoms. The number of aliphatic carboxylic acids is 1. The smallest absolute Gasteiger partial charge is 0.309 e. The van der Waals surface area contributed by atoms with E-state index in [1.165, 1.54) is 7.11 Å². The van der Waals surface area contributed by atoms with Crippen molar-refractivity contribution in [3.8, 4) is 5.75 Å². The van der Waals surface area contributed by atoms with Crippen molar-refractivity contribution in [3.63, 3.8) is 0 Å². The predicted molar refractivity (Wildman–Crippen MR) is 62.5 cm³/mol. The zero-order valence-electron chi connectivity index (χ0n) is 9.19. The topological polar surface area (TPSA) is 79.4 Å². The Labute approximate surface area is 96.7 Å². The molecule has 0 aliphatic rings. The Morgan fingerprint density at radius 3 is 2.82 bits per heavy atom. The zero-order valence-corrected chi connectivity index (χ0v) is 9.19. The maximum atomic E-state index is 11.7. The molecule has 0 saturated heterocycles. The summed E-state index contributed by atoms with van der Waals surface area (Å²) in [5, 5.41) is 9.85. The van der Waals surface area contributed by atoms with Crippen LogP contribution in [-0.4, -0.2) is 23.2 Å². The molecule has 0 bridgehead atoms. The van der Waals surface area contributed by atoms with Crippen molar-refractivity contribution in [2.24, 2.45) is 0 Å². The predicted octanol–water partition coefficient (Wildman–Crippen LogP) is 1.16. The Hall–Kier alpha value is -2.30. The number of ether oxygens (including phenoxy) is 1. The number of aromatic nitrogens is 1. The highest BCUT2D eigenvalue weighted by Gasteiger charge is 2.06. The second kappa shape index (κ2) is 4.29. The summed E-state index contributed by atoms with van der Waals surface area (Å²) < 4.78 is 5.03. The number of carbonyl (C=O) groups is 1. The number of hydrogen-bond acceptors (Lipinski definition) is 3. The summed E-state index contributed by atoms with van der Waals surface area (Å²) in [5.74, 6) is -0.387. The van der Waals surface area contributed by atoms with Crippen molar-refractivity contribution in [3.05, 3.63) is 40.3 Å². The lowest BCUT2D eigenvalue weighted by Gasteiger charge is -2.04. The number of carboxylic acids is 1. The van der Waals surface area contributed by atoms with Gasteiger partial charge in [0.1, 0.15) is 5.75 Å². The number of nitrogens with one attached hydrogen (secondary N) is 1. The van der Waals surface area contributed by atoms with Gasteiger partial charge in [0.05, 0.1) is 18.9 Å². The van der Waals surface area contributed by atoms with Crippen LogP contribution in [0.25, 0.3) is 10.8 Å². The lowest BCUT2D eigenvalue weighted by atomic mass is 10.1. The fraction of sp³-hybridized carbons (Fsp3) is 0.167. The third-order valence-corrected chi connectivity index (χ3v) is 2.45. The highest BCUT2D eigenvalue weighted by Crippen LogP contribution is 2.18. The minimum absolute atomic E-state index is 0.197. The number of hydrogen-bond donors (Lipinski definition) is 2. The largest absolute Gasteiger partial charge is 0.497 e. The van der Waals surface area contributed by atoms with E-state index in [1.807, 2.05) is 0 Å².